The summed E-state index contributed by atoms with van der Waals surface area (Å²) >= 11 is 0. The summed E-state index contributed by atoms with van der Waals surface area (Å²) in [6, 6.07) is 3.53. The van der Waals surface area contributed by atoms with E-state index in [4.69, 9.17) is 9.15 Å². The summed E-state index contributed by atoms with van der Waals surface area (Å²) in [6.45, 7) is -0.108. The molecule has 5 nitrogen and oxygen atoms in total. The van der Waals surface area contributed by atoms with Gasteiger partial charge in [-0.05, 0) is 18.6 Å². The lowest BCUT2D eigenvalue weighted by Gasteiger charge is -2.07. The minimum atomic E-state index is -4.49. The molecule has 2 heterocycles. The Labute approximate surface area is 123 Å². The third-order valence-electron chi connectivity index (χ3n) is 3.62. The summed E-state index contributed by atoms with van der Waals surface area (Å²) in [5.41, 5.74) is -0.915. The van der Waals surface area contributed by atoms with Gasteiger partial charge in [-0.15, -0.1) is 0 Å². The van der Waals surface area contributed by atoms with Crippen molar-refractivity contribution in [3.05, 3.63) is 41.6 Å². The van der Waals surface area contributed by atoms with Gasteiger partial charge in [-0.1, -0.05) is 0 Å². The number of hydrogen-bond acceptors (Lipinski definition) is 4. The lowest BCUT2D eigenvalue weighted by Crippen LogP contribution is -2.13. The predicted molar refractivity (Wildman–Crippen MR) is 67.8 cm³/mol. The molecule has 0 saturated heterocycles. The smallest absolute Gasteiger partial charge is 0.433 e. The summed E-state index contributed by atoms with van der Waals surface area (Å²) in [4.78, 5) is 11.8. The zero-order valence-electron chi connectivity index (χ0n) is 11.4. The van der Waals surface area contributed by atoms with Crippen LogP contribution in [0.4, 0.5) is 13.2 Å². The molecule has 1 saturated carbocycles. The fraction of sp³-hybridized carbons (Fsp3) is 0.429. The molecule has 0 spiro atoms. The van der Waals surface area contributed by atoms with Gasteiger partial charge in [0.1, 0.15) is 11.5 Å². The monoisotopic (exact) mass is 314 g/mol. The number of furan rings is 1. The lowest BCUT2D eigenvalue weighted by atomic mass is 10.2. The van der Waals surface area contributed by atoms with Gasteiger partial charge < -0.3 is 9.15 Å². The fourth-order valence-electron chi connectivity index (χ4n) is 2.39. The minimum Gasteiger partial charge on any atom is -0.469 e. The number of nitrogens with zero attached hydrogens (tertiary/aromatic N) is 1. The van der Waals surface area contributed by atoms with Crippen LogP contribution in [0.3, 0.4) is 0 Å². The minimum absolute atomic E-state index is 0.0151. The summed E-state index contributed by atoms with van der Waals surface area (Å²) in [5.74, 6) is 0.0781. The molecule has 2 aromatic heterocycles. The van der Waals surface area contributed by atoms with E-state index in [-0.39, 0.29) is 30.4 Å². The van der Waals surface area contributed by atoms with Gasteiger partial charge >= 0.3 is 12.1 Å². The molecule has 1 aliphatic carbocycles. The SMILES string of the molecule is O=C(OCCc1cn[nH]c1C(F)(F)F)[C@@H]1C[C@@H]1c1ccco1. The van der Waals surface area contributed by atoms with E-state index in [1.54, 1.807) is 12.1 Å². The summed E-state index contributed by atoms with van der Waals surface area (Å²) in [5, 5.41) is 5.30. The topological polar surface area (TPSA) is 68.1 Å². The van der Waals surface area contributed by atoms with Crippen molar-refractivity contribution >= 4 is 5.97 Å². The van der Waals surface area contributed by atoms with Crippen molar-refractivity contribution in [3.63, 3.8) is 0 Å². The van der Waals surface area contributed by atoms with Crippen LogP contribution in [0.2, 0.25) is 0 Å². The van der Waals surface area contributed by atoms with Crippen LogP contribution in [0, 0.1) is 5.92 Å². The van der Waals surface area contributed by atoms with Crippen molar-refractivity contribution in [2.24, 2.45) is 5.92 Å². The Morgan fingerprint density at radius 3 is 3.00 bits per heavy atom. The average molecular weight is 314 g/mol. The van der Waals surface area contributed by atoms with Crippen LogP contribution in [0.25, 0.3) is 0 Å². The number of ether oxygens (including phenoxy) is 1. The largest absolute Gasteiger partial charge is 0.469 e. The van der Waals surface area contributed by atoms with E-state index in [1.807, 2.05) is 5.10 Å². The van der Waals surface area contributed by atoms with Crippen molar-refractivity contribution in [1.29, 1.82) is 0 Å². The quantitative estimate of drug-likeness (QED) is 0.862. The van der Waals surface area contributed by atoms with Crippen LogP contribution in [0.5, 0.6) is 0 Å². The number of H-pyrrole nitrogens is 1. The highest BCUT2D eigenvalue weighted by atomic mass is 19.4. The first kappa shape index (κ1) is 14.7. The maximum Gasteiger partial charge on any atom is 0.433 e. The standard InChI is InChI=1S/C14H13F3N2O3/c15-14(16,17)12-8(7-18-19-12)3-5-22-13(20)10-6-9(10)11-2-1-4-21-11/h1-2,4,7,9-10H,3,5-6H2,(H,18,19)/t9-,10+/m0/s1. The second kappa shape index (κ2) is 5.51. The molecule has 0 aliphatic heterocycles. The van der Waals surface area contributed by atoms with Crippen LogP contribution in [-0.4, -0.2) is 22.8 Å². The highest BCUT2D eigenvalue weighted by Crippen LogP contribution is 2.48. The first-order chi connectivity index (χ1) is 10.5. The number of aromatic amines is 1. The number of hydrogen-bond donors (Lipinski definition) is 1. The van der Waals surface area contributed by atoms with Crippen LogP contribution >= 0.6 is 0 Å². The van der Waals surface area contributed by atoms with Gasteiger partial charge in [0, 0.05) is 17.9 Å². The Morgan fingerprint density at radius 2 is 2.32 bits per heavy atom. The number of alkyl halides is 3. The van der Waals surface area contributed by atoms with Crippen LogP contribution in [-0.2, 0) is 22.1 Å². The number of esters is 1. The molecule has 1 fully saturated rings. The third kappa shape index (κ3) is 3.00. The van der Waals surface area contributed by atoms with E-state index in [0.717, 1.165) is 12.0 Å². The molecule has 118 valence electrons. The highest BCUT2D eigenvalue weighted by Gasteiger charge is 2.47. The molecule has 0 radical (unpaired) electrons. The van der Waals surface area contributed by atoms with E-state index in [0.29, 0.717) is 6.42 Å². The van der Waals surface area contributed by atoms with Gasteiger partial charge in [-0.2, -0.15) is 18.3 Å². The molecule has 2 aromatic rings. The lowest BCUT2D eigenvalue weighted by molar-refractivity contribution is -0.145. The molecule has 8 heteroatoms. The van der Waals surface area contributed by atoms with Crippen molar-refractivity contribution < 1.29 is 27.1 Å². The molecule has 3 rings (SSSR count). The van der Waals surface area contributed by atoms with Crippen LogP contribution < -0.4 is 0 Å². The van der Waals surface area contributed by atoms with E-state index in [1.165, 1.54) is 6.26 Å². The number of rotatable bonds is 5. The Kier molecular flexibility index (Phi) is 3.67. The van der Waals surface area contributed by atoms with E-state index in [2.05, 4.69) is 5.10 Å². The molecule has 0 bridgehead atoms. The molecular weight excluding hydrogens is 301 g/mol. The fourth-order valence-corrected chi connectivity index (χ4v) is 2.39. The molecule has 2 atom stereocenters. The van der Waals surface area contributed by atoms with Crippen molar-refractivity contribution in [2.75, 3.05) is 6.61 Å². The summed E-state index contributed by atoms with van der Waals surface area (Å²) in [7, 11) is 0. The number of carbonyl (C=O) groups excluding carboxylic acids is 1. The zero-order chi connectivity index (χ0) is 15.7. The average Bonchev–Trinajstić information content (AvgIpc) is 2.90. The van der Waals surface area contributed by atoms with Crippen LogP contribution in [0.15, 0.2) is 29.0 Å². The highest BCUT2D eigenvalue weighted by molar-refractivity contribution is 5.77. The summed E-state index contributed by atoms with van der Waals surface area (Å²) < 4.78 is 48.1. The molecule has 1 aliphatic rings. The van der Waals surface area contributed by atoms with Gasteiger partial charge in [0.2, 0.25) is 0 Å². The van der Waals surface area contributed by atoms with Crippen LogP contribution in [0.1, 0.15) is 29.4 Å². The van der Waals surface area contributed by atoms with Gasteiger partial charge in [0.25, 0.3) is 0 Å². The second-order valence-corrected chi connectivity index (χ2v) is 5.15. The summed E-state index contributed by atoms with van der Waals surface area (Å²) in [6.07, 6.45) is -1.25. The third-order valence-corrected chi connectivity index (χ3v) is 3.62. The van der Waals surface area contributed by atoms with Gasteiger partial charge in [-0.3, -0.25) is 9.89 Å². The molecule has 0 unspecified atom stereocenters. The van der Waals surface area contributed by atoms with Crippen molar-refractivity contribution in [1.82, 2.24) is 10.2 Å². The molecule has 22 heavy (non-hydrogen) atoms. The van der Waals surface area contributed by atoms with E-state index in [9.17, 15) is 18.0 Å². The maximum absolute atomic E-state index is 12.6. The van der Waals surface area contributed by atoms with Crippen molar-refractivity contribution in [3.8, 4) is 0 Å². The van der Waals surface area contributed by atoms with Gasteiger partial charge in [0.15, 0.2) is 0 Å². The van der Waals surface area contributed by atoms with E-state index < -0.39 is 17.8 Å². The number of nitrogens with one attached hydrogen (secondary N) is 1. The second-order valence-electron chi connectivity index (χ2n) is 5.15. The first-order valence-electron chi connectivity index (χ1n) is 6.76. The van der Waals surface area contributed by atoms with Gasteiger partial charge in [0.05, 0.1) is 25.0 Å². The number of carbonyl (C=O) groups is 1. The molecule has 1 N–H and O–H groups in total. The first-order valence-corrected chi connectivity index (χ1v) is 6.76. The Hall–Kier alpha value is -2.25. The maximum atomic E-state index is 12.6. The van der Waals surface area contributed by atoms with Crippen molar-refractivity contribution in [2.45, 2.75) is 24.9 Å². The number of aromatic nitrogens is 2. The van der Waals surface area contributed by atoms with Gasteiger partial charge in [-0.25, -0.2) is 0 Å². The Balaban J connectivity index is 1.48. The zero-order valence-corrected chi connectivity index (χ0v) is 11.4. The molecule has 0 amide bonds. The Morgan fingerprint density at radius 1 is 1.50 bits per heavy atom. The normalized spacial score (nSPS) is 20.9. The molecular formula is C14H13F3N2O3. The predicted octanol–water partition coefficient (Wildman–Crippen LogP) is 2.91. The van der Waals surface area contributed by atoms with E-state index >= 15 is 0 Å². The number of halogens is 3. The Bertz CT molecular complexity index is 649. The molecule has 0 aromatic carbocycles.